The number of hydrogen-bond donors (Lipinski definition) is 2. The number of nitrogens with one attached hydrogen (secondary N) is 2. The Morgan fingerprint density at radius 1 is 1.24 bits per heavy atom. The van der Waals surface area contributed by atoms with Crippen LogP contribution in [0.1, 0.15) is 24.1 Å². The molecule has 0 aliphatic carbocycles. The second-order valence-electron chi connectivity index (χ2n) is 8.81. The Balaban J connectivity index is 1.25. The molecule has 8 heteroatoms. The van der Waals surface area contributed by atoms with E-state index in [1.54, 1.807) is 0 Å². The van der Waals surface area contributed by atoms with E-state index in [0.717, 1.165) is 70.1 Å². The smallest absolute Gasteiger partial charge is 0.226 e. The molecule has 2 aromatic heterocycles. The molecule has 0 saturated carbocycles. The molecule has 156 valence electrons. The molecule has 0 aromatic carbocycles. The van der Waals surface area contributed by atoms with Gasteiger partial charge in [0.15, 0.2) is 5.65 Å². The van der Waals surface area contributed by atoms with E-state index < -0.39 is 0 Å². The number of anilines is 1. The Hall–Kier alpha value is -2.19. The lowest BCUT2D eigenvalue weighted by Gasteiger charge is -2.41. The summed E-state index contributed by atoms with van der Waals surface area (Å²) in [7, 11) is 2.17. The van der Waals surface area contributed by atoms with Gasteiger partial charge >= 0.3 is 0 Å². The molecule has 2 N–H and O–H groups in total. The van der Waals surface area contributed by atoms with Crippen LogP contribution in [0.15, 0.2) is 12.3 Å². The van der Waals surface area contributed by atoms with Crippen LogP contribution in [-0.4, -0.2) is 78.3 Å². The summed E-state index contributed by atoms with van der Waals surface area (Å²) in [5.41, 5.74) is 3.36. The number of fused-ring (bicyclic) bond motifs is 2. The van der Waals surface area contributed by atoms with Crippen molar-refractivity contribution in [3.63, 3.8) is 0 Å². The van der Waals surface area contributed by atoms with E-state index in [4.69, 9.17) is 4.98 Å². The summed E-state index contributed by atoms with van der Waals surface area (Å²) in [6.07, 6.45) is 6.08. The molecule has 0 spiro atoms. The third-order valence-corrected chi connectivity index (χ3v) is 6.74. The highest BCUT2D eigenvalue weighted by Crippen LogP contribution is 2.31. The topological polar surface area (TPSA) is 77.8 Å². The average molecular weight is 398 g/mol. The molecule has 29 heavy (non-hydrogen) atoms. The number of hydrogen-bond acceptors (Lipinski definition) is 6. The molecule has 2 aromatic rings. The van der Waals surface area contributed by atoms with Crippen LogP contribution in [0, 0.1) is 11.8 Å². The van der Waals surface area contributed by atoms with Gasteiger partial charge in [0.2, 0.25) is 5.91 Å². The zero-order valence-corrected chi connectivity index (χ0v) is 17.2. The fraction of sp³-hybridized carbons (Fsp3) is 0.667. The van der Waals surface area contributed by atoms with E-state index in [2.05, 4.69) is 32.6 Å². The highest BCUT2D eigenvalue weighted by atomic mass is 16.2. The van der Waals surface area contributed by atoms with E-state index in [1.807, 2.05) is 16.8 Å². The summed E-state index contributed by atoms with van der Waals surface area (Å²) in [4.78, 5) is 22.2. The van der Waals surface area contributed by atoms with E-state index in [1.165, 1.54) is 24.1 Å². The van der Waals surface area contributed by atoms with Gasteiger partial charge in [0.1, 0.15) is 5.82 Å². The number of carbonyl (C=O) groups excluding carboxylic acids is 1. The van der Waals surface area contributed by atoms with Crippen molar-refractivity contribution in [2.24, 2.45) is 11.8 Å². The molecule has 1 amide bonds. The van der Waals surface area contributed by atoms with E-state index >= 15 is 0 Å². The van der Waals surface area contributed by atoms with Crippen molar-refractivity contribution in [3.8, 4) is 0 Å². The maximum absolute atomic E-state index is 12.7. The van der Waals surface area contributed by atoms with Gasteiger partial charge in [-0.2, -0.15) is 9.61 Å². The SMILES string of the molecule is CN1CCC(CNC(=O)C2CN(c3c4c(nc5ccnn35)CCNCC4)C2)CC1. The Bertz CT molecular complexity index is 881. The van der Waals surface area contributed by atoms with Gasteiger partial charge in [0.05, 0.1) is 17.8 Å². The summed E-state index contributed by atoms with van der Waals surface area (Å²) in [5, 5.41) is 11.2. The molecular formula is C21H31N7O. The Labute approximate surface area is 171 Å². The van der Waals surface area contributed by atoms with Crippen molar-refractivity contribution < 1.29 is 4.79 Å². The lowest BCUT2D eigenvalue weighted by molar-refractivity contribution is -0.126. The largest absolute Gasteiger partial charge is 0.355 e. The predicted octanol–water partition coefficient (Wildman–Crippen LogP) is 0.312. The van der Waals surface area contributed by atoms with E-state index in [-0.39, 0.29) is 11.8 Å². The minimum Gasteiger partial charge on any atom is -0.355 e. The monoisotopic (exact) mass is 397 g/mol. The molecule has 0 atom stereocenters. The first kappa shape index (κ1) is 18.8. The van der Waals surface area contributed by atoms with Crippen LogP contribution in [-0.2, 0) is 17.6 Å². The molecule has 2 fully saturated rings. The summed E-state index contributed by atoms with van der Waals surface area (Å²) in [6.45, 7) is 6.55. The van der Waals surface area contributed by atoms with Gasteiger partial charge in [0.25, 0.3) is 0 Å². The van der Waals surface area contributed by atoms with Crippen molar-refractivity contribution in [1.82, 2.24) is 30.1 Å². The Morgan fingerprint density at radius 3 is 2.86 bits per heavy atom. The Morgan fingerprint density at radius 2 is 2.03 bits per heavy atom. The molecule has 0 bridgehead atoms. The first-order valence-electron chi connectivity index (χ1n) is 11.0. The summed E-state index contributed by atoms with van der Waals surface area (Å²) < 4.78 is 1.96. The second kappa shape index (κ2) is 7.91. The van der Waals surface area contributed by atoms with Gasteiger partial charge < -0.3 is 20.4 Å². The molecular weight excluding hydrogens is 366 g/mol. The standard InChI is InChI=1S/C21H31N7O/c1-26-10-5-15(6-11-26)12-23-20(29)16-13-27(14-16)21-17-2-7-22-8-3-18(17)25-19-4-9-24-28(19)21/h4,9,15-16,22H,2-3,5-8,10-14H2,1H3,(H,23,29). The van der Waals surface area contributed by atoms with Crippen molar-refractivity contribution in [3.05, 3.63) is 23.5 Å². The van der Waals surface area contributed by atoms with Gasteiger partial charge in [-0.1, -0.05) is 0 Å². The lowest BCUT2D eigenvalue weighted by atomic mass is 9.95. The number of aromatic nitrogens is 3. The van der Waals surface area contributed by atoms with Crippen LogP contribution in [0.2, 0.25) is 0 Å². The molecule has 0 radical (unpaired) electrons. The average Bonchev–Trinajstić information content (AvgIpc) is 3.02. The van der Waals surface area contributed by atoms with E-state index in [0.29, 0.717) is 5.92 Å². The number of amides is 1. The van der Waals surface area contributed by atoms with Crippen LogP contribution in [0.25, 0.3) is 5.65 Å². The maximum atomic E-state index is 12.7. The third kappa shape index (κ3) is 3.71. The van der Waals surface area contributed by atoms with Gasteiger partial charge in [-0.15, -0.1) is 0 Å². The first-order valence-corrected chi connectivity index (χ1v) is 11.0. The molecule has 8 nitrogen and oxygen atoms in total. The van der Waals surface area contributed by atoms with Gasteiger partial charge in [0, 0.05) is 44.2 Å². The fourth-order valence-corrected chi connectivity index (χ4v) is 4.81. The van der Waals surface area contributed by atoms with Crippen LogP contribution in [0.3, 0.4) is 0 Å². The third-order valence-electron chi connectivity index (χ3n) is 6.74. The number of carbonyl (C=O) groups is 1. The number of rotatable bonds is 4. The van der Waals surface area contributed by atoms with Crippen LogP contribution in [0.4, 0.5) is 5.82 Å². The zero-order chi connectivity index (χ0) is 19.8. The quantitative estimate of drug-likeness (QED) is 0.773. The van der Waals surface area contributed by atoms with E-state index in [9.17, 15) is 4.79 Å². The maximum Gasteiger partial charge on any atom is 0.226 e. The summed E-state index contributed by atoms with van der Waals surface area (Å²) >= 11 is 0. The number of likely N-dealkylation sites (tertiary alicyclic amines) is 1. The van der Waals surface area contributed by atoms with Crippen LogP contribution >= 0.6 is 0 Å². The van der Waals surface area contributed by atoms with Gasteiger partial charge in [-0.25, -0.2) is 4.98 Å². The molecule has 2 saturated heterocycles. The highest BCUT2D eigenvalue weighted by Gasteiger charge is 2.36. The highest BCUT2D eigenvalue weighted by molar-refractivity contribution is 5.82. The molecule has 3 aliphatic heterocycles. The van der Waals surface area contributed by atoms with Crippen molar-refractivity contribution in [1.29, 1.82) is 0 Å². The predicted molar refractivity (Wildman–Crippen MR) is 112 cm³/mol. The number of nitrogens with zero attached hydrogens (tertiary/aromatic N) is 5. The van der Waals surface area contributed by atoms with Crippen LogP contribution < -0.4 is 15.5 Å². The minimum atomic E-state index is 0.0691. The molecule has 5 rings (SSSR count). The van der Waals surface area contributed by atoms with Crippen molar-refractivity contribution >= 4 is 17.4 Å². The fourth-order valence-electron chi connectivity index (χ4n) is 4.81. The van der Waals surface area contributed by atoms with Gasteiger partial charge in [-0.05, 0) is 51.9 Å². The minimum absolute atomic E-state index is 0.0691. The molecule has 3 aliphatic rings. The first-order chi connectivity index (χ1) is 14.2. The summed E-state index contributed by atoms with van der Waals surface area (Å²) in [5.74, 6) is 2.04. The Kier molecular flexibility index (Phi) is 5.13. The van der Waals surface area contributed by atoms with Crippen molar-refractivity contribution in [2.75, 3.05) is 57.8 Å². The van der Waals surface area contributed by atoms with Crippen LogP contribution in [0.5, 0.6) is 0 Å². The second-order valence-corrected chi connectivity index (χ2v) is 8.81. The summed E-state index contributed by atoms with van der Waals surface area (Å²) in [6, 6.07) is 1.97. The normalized spacial score (nSPS) is 21.6. The zero-order valence-electron chi connectivity index (χ0n) is 17.2. The van der Waals surface area contributed by atoms with Crippen molar-refractivity contribution in [2.45, 2.75) is 25.7 Å². The lowest BCUT2D eigenvalue weighted by Crippen LogP contribution is -2.55. The molecule has 0 unspecified atom stereocenters. The van der Waals surface area contributed by atoms with Gasteiger partial charge in [-0.3, -0.25) is 4.79 Å². The molecule has 5 heterocycles. The number of piperidine rings is 1.